The fourth-order valence-corrected chi connectivity index (χ4v) is 4.40. The number of fused-ring (bicyclic) bond motifs is 1. The Balaban J connectivity index is 1.59. The van der Waals surface area contributed by atoms with Crippen LogP contribution in [-0.4, -0.2) is 52.6 Å². The summed E-state index contributed by atoms with van der Waals surface area (Å²) in [5, 5.41) is 17.9. The number of aliphatic hydroxyl groups excluding tert-OH is 1. The smallest absolute Gasteiger partial charge is 0.120 e. The molecule has 0 spiro atoms. The first-order valence-corrected chi connectivity index (χ1v) is 9.72. The third kappa shape index (κ3) is 3.57. The number of piperidine rings is 1. The van der Waals surface area contributed by atoms with E-state index in [1.807, 2.05) is 35.2 Å². The molecule has 1 aromatic heterocycles. The summed E-state index contributed by atoms with van der Waals surface area (Å²) >= 11 is 12.9. The summed E-state index contributed by atoms with van der Waals surface area (Å²) in [5.74, 6) is -0.122. The van der Waals surface area contributed by atoms with Gasteiger partial charge in [-0.3, -0.25) is 10.00 Å². The Morgan fingerprint density at radius 2 is 2.04 bits per heavy atom. The van der Waals surface area contributed by atoms with Crippen molar-refractivity contribution in [3.63, 3.8) is 0 Å². The molecule has 0 unspecified atom stereocenters. The fourth-order valence-electron chi connectivity index (χ4n) is 3.84. The molecule has 2 N–H and O–H groups in total. The van der Waals surface area contributed by atoms with E-state index in [1.54, 1.807) is 6.20 Å². The second kappa shape index (κ2) is 7.76. The zero-order valence-electron chi connectivity index (χ0n) is 14.6. The number of likely N-dealkylation sites (tertiary alicyclic amines) is 1. The number of aromatic amines is 1. The highest BCUT2D eigenvalue weighted by Gasteiger charge is 2.30. The van der Waals surface area contributed by atoms with Gasteiger partial charge in [-0.2, -0.15) is 5.10 Å². The van der Waals surface area contributed by atoms with Crippen LogP contribution in [-0.2, 0) is 0 Å². The number of β-amino-alcohol motifs (C(OH)–C–C–N with tert-alkyl or cyclic N) is 1. The Morgan fingerprint density at radius 1 is 1.26 bits per heavy atom. The third-order valence-electron chi connectivity index (χ3n) is 5.32. The molecule has 1 aliphatic heterocycles. The van der Waals surface area contributed by atoms with Gasteiger partial charge in [-0.15, -0.1) is 0 Å². The van der Waals surface area contributed by atoms with Crippen molar-refractivity contribution in [3.05, 3.63) is 52.1 Å². The van der Waals surface area contributed by atoms with Crippen LogP contribution >= 0.6 is 23.2 Å². The highest BCUT2D eigenvalue weighted by molar-refractivity contribution is 6.42. The molecule has 2 aromatic carbocycles. The average molecular weight is 408 g/mol. The zero-order chi connectivity index (χ0) is 19.0. The summed E-state index contributed by atoms with van der Waals surface area (Å²) in [7, 11) is 0. The molecule has 1 aliphatic rings. The van der Waals surface area contributed by atoms with E-state index in [1.165, 1.54) is 0 Å². The van der Waals surface area contributed by atoms with E-state index >= 15 is 0 Å². The maximum absolute atomic E-state index is 14.6. The van der Waals surface area contributed by atoms with Crippen LogP contribution in [0.4, 0.5) is 4.39 Å². The lowest BCUT2D eigenvalue weighted by atomic mass is 9.87. The third-order valence-corrected chi connectivity index (χ3v) is 6.02. The number of aromatic nitrogens is 2. The second-order valence-corrected chi connectivity index (χ2v) is 7.72. The van der Waals surface area contributed by atoms with Crippen LogP contribution in [0.1, 0.15) is 17.9 Å². The van der Waals surface area contributed by atoms with Crippen molar-refractivity contribution in [2.24, 2.45) is 0 Å². The molecule has 1 saturated heterocycles. The van der Waals surface area contributed by atoms with Gasteiger partial charge in [0.25, 0.3) is 0 Å². The Hall–Kier alpha value is -1.66. The van der Waals surface area contributed by atoms with Crippen LogP contribution in [0.5, 0.6) is 0 Å². The maximum atomic E-state index is 14.6. The van der Waals surface area contributed by atoms with Gasteiger partial charge in [0.15, 0.2) is 0 Å². The van der Waals surface area contributed by atoms with Crippen molar-refractivity contribution < 1.29 is 9.50 Å². The van der Waals surface area contributed by atoms with Gasteiger partial charge >= 0.3 is 0 Å². The Morgan fingerprint density at radius 3 is 2.74 bits per heavy atom. The molecular formula is C20H20Cl2FN3O. The number of halogens is 3. The van der Waals surface area contributed by atoms with Gasteiger partial charge in [0.2, 0.25) is 0 Å². The number of hydrogen-bond acceptors (Lipinski definition) is 3. The molecule has 2 atom stereocenters. The lowest BCUT2D eigenvalue weighted by molar-refractivity contribution is 0.0996. The van der Waals surface area contributed by atoms with Gasteiger partial charge in [-0.05, 0) is 30.2 Å². The van der Waals surface area contributed by atoms with Gasteiger partial charge in [-0.25, -0.2) is 4.39 Å². The molecule has 3 aromatic rings. The topological polar surface area (TPSA) is 52.1 Å². The molecule has 27 heavy (non-hydrogen) atoms. The van der Waals surface area contributed by atoms with Gasteiger partial charge in [0.05, 0.1) is 28.4 Å². The number of H-pyrrole nitrogens is 1. The molecule has 0 saturated carbocycles. The van der Waals surface area contributed by atoms with Crippen LogP contribution in [0.25, 0.3) is 22.0 Å². The molecule has 142 valence electrons. The number of hydrogen-bond donors (Lipinski definition) is 2. The lowest BCUT2D eigenvalue weighted by Crippen LogP contribution is -2.42. The highest BCUT2D eigenvalue weighted by atomic mass is 35.5. The van der Waals surface area contributed by atoms with Gasteiger partial charge in [0.1, 0.15) is 6.17 Å². The van der Waals surface area contributed by atoms with Gasteiger partial charge in [-0.1, -0.05) is 47.5 Å². The summed E-state index contributed by atoms with van der Waals surface area (Å²) in [6, 6.07) is 9.69. The van der Waals surface area contributed by atoms with Crippen molar-refractivity contribution in [3.8, 4) is 11.1 Å². The quantitative estimate of drug-likeness (QED) is 0.661. The van der Waals surface area contributed by atoms with E-state index < -0.39 is 6.17 Å². The number of alkyl halides is 1. The predicted molar refractivity (Wildman–Crippen MR) is 107 cm³/mol. The normalized spacial score (nSPS) is 21.0. The number of benzene rings is 2. The minimum atomic E-state index is -0.935. The van der Waals surface area contributed by atoms with Crippen molar-refractivity contribution in [2.45, 2.75) is 18.5 Å². The molecule has 2 heterocycles. The molecule has 7 heteroatoms. The van der Waals surface area contributed by atoms with E-state index in [9.17, 15) is 4.39 Å². The first-order valence-electron chi connectivity index (χ1n) is 8.97. The molecule has 4 rings (SSSR count). The van der Waals surface area contributed by atoms with Crippen molar-refractivity contribution >= 4 is 34.1 Å². The molecule has 1 fully saturated rings. The highest BCUT2D eigenvalue weighted by Crippen LogP contribution is 2.38. The minimum Gasteiger partial charge on any atom is -0.395 e. The van der Waals surface area contributed by atoms with E-state index in [4.69, 9.17) is 28.3 Å². The standard InChI is InChI=1S/C20H20Cl2FN3O/c21-17-9-15(19(22)20-16(17)10-24-25-20)13-3-1-12(2-4-13)14-5-6-26(7-8-27)11-18(14)23/h1-4,9-10,14,18,27H,5-8,11H2,(H,24,25)/t14-,18+/m1/s1. The van der Waals surface area contributed by atoms with Crippen molar-refractivity contribution in [2.75, 3.05) is 26.2 Å². The monoisotopic (exact) mass is 407 g/mol. The first-order chi connectivity index (χ1) is 13.1. The van der Waals surface area contributed by atoms with E-state index in [0.717, 1.165) is 35.0 Å². The summed E-state index contributed by atoms with van der Waals surface area (Å²) in [4.78, 5) is 1.97. The molecule has 0 aliphatic carbocycles. The number of nitrogens with one attached hydrogen (secondary N) is 1. The van der Waals surface area contributed by atoms with Crippen molar-refractivity contribution in [1.29, 1.82) is 0 Å². The van der Waals surface area contributed by atoms with Gasteiger partial charge in [0, 0.05) is 30.0 Å². The maximum Gasteiger partial charge on any atom is 0.120 e. The molecule has 4 nitrogen and oxygen atoms in total. The second-order valence-electron chi connectivity index (χ2n) is 6.94. The molecule has 0 amide bonds. The Kier molecular flexibility index (Phi) is 5.37. The summed E-state index contributed by atoms with van der Waals surface area (Å²) in [6.45, 7) is 1.76. The minimum absolute atomic E-state index is 0.0656. The van der Waals surface area contributed by atoms with Crippen LogP contribution in [0, 0.1) is 0 Å². The summed E-state index contributed by atoms with van der Waals surface area (Å²) in [6.07, 6.45) is 1.46. The van der Waals surface area contributed by atoms with E-state index in [2.05, 4.69) is 10.2 Å². The Bertz CT molecular complexity index is 944. The van der Waals surface area contributed by atoms with Crippen LogP contribution < -0.4 is 0 Å². The molecule has 0 bridgehead atoms. The fraction of sp³-hybridized carbons (Fsp3) is 0.350. The summed E-state index contributed by atoms with van der Waals surface area (Å²) < 4.78 is 14.6. The average Bonchev–Trinajstić information content (AvgIpc) is 3.16. The molecular weight excluding hydrogens is 388 g/mol. The largest absolute Gasteiger partial charge is 0.395 e. The van der Waals surface area contributed by atoms with Crippen LogP contribution in [0.2, 0.25) is 10.0 Å². The summed E-state index contributed by atoms with van der Waals surface area (Å²) in [5.41, 5.74) is 3.44. The number of rotatable bonds is 4. The first kappa shape index (κ1) is 18.7. The number of nitrogens with zero attached hydrogens (tertiary/aromatic N) is 2. The lowest BCUT2D eigenvalue weighted by Gasteiger charge is -2.34. The SMILES string of the molecule is OCCN1CC[C@H](c2ccc(-c3cc(Cl)c4cn[nH]c4c3Cl)cc2)[C@@H](F)C1. The number of aliphatic hydroxyl groups is 1. The van der Waals surface area contributed by atoms with Gasteiger partial charge < -0.3 is 5.11 Å². The molecule has 0 radical (unpaired) electrons. The van der Waals surface area contributed by atoms with E-state index in [-0.39, 0.29) is 12.5 Å². The Labute approximate surface area is 166 Å². The van der Waals surface area contributed by atoms with Crippen LogP contribution in [0.3, 0.4) is 0 Å². The van der Waals surface area contributed by atoms with Crippen molar-refractivity contribution in [1.82, 2.24) is 15.1 Å². The van der Waals surface area contributed by atoms with Crippen LogP contribution in [0.15, 0.2) is 36.5 Å². The predicted octanol–water partition coefficient (Wildman–Crippen LogP) is 4.66. The van der Waals surface area contributed by atoms with E-state index in [0.29, 0.717) is 28.7 Å². The zero-order valence-corrected chi connectivity index (χ0v) is 16.1.